The molecule has 34 valence electrons. The van der Waals surface area contributed by atoms with Gasteiger partial charge in [0.1, 0.15) is 0 Å². The van der Waals surface area contributed by atoms with Gasteiger partial charge in [-0.3, -0.25) is 0 Å². The van der Waals surface area contributed by atoms with Crippen molar-refractivity contribution in [3.8, 4) is 0 Å². The molecule has 0 heterocycles. The second-order valence-electron chi connectivity index (χ2n) is 0.555. The van der Waals surface area contributed by atoms with Crippen LogP contribution in [0.2, 0.25) is 0 Å². The second kappa shape index (κ2) is 2.77. The van der Waals surface area contributed by atoms with E-state index in [1.807, 2.05) is 0 Å². The molecule has 0 aromatic rings. The second-order valence-corrected chi connectivity index (χ2v) is 0.909. The monoisotopic (exact) mass is 150 g/mol. The molecule has 3 N–H and O–H groups in total. The van der Waals surface area contributed by atoms with E-state index in [-0.39, 0.29) is 5.96 Å². The van der Waals surface area contributed by atoms with Crippen LogP contribution in [0.1, 0.15) is 0 Å². The Labute approximate surface area is 43.3 Å². The molecule has 0 aromatic carbocycles. The van der Waals surface area contributed by atoms with Crippen LogP contribution in [0.25, 0.3) is 0 Å². The molecule has 0 aromatic heterocycles. The number of hydrogen-bond acceptors (Lipinski definition) is 2. The average Bonchev–Trinajstić information content (AvgIpc) is 1.65. The summed E-state index contributed by atoms with van der Waals surface area (Å²) in [6.45, 7) is 0. The lowest BCUT2D eigenvalue weighted by Crippen LogP contribution is -2.03. The molecule has 0 bridgehead atoms. The van der Waals surface area contributed by atoms with Gasteiger partial charge in [0.25, 0.3) is 0 Å². The Balaban J connectivity index is 3.50. The van der Waals surface area contributed by atoms with Gasteiger partial charge in [0.15, 0.2) is 0 Å². The summed E-state index contributed by atoms with van der Waals surface area (Å²) in [6, 6.07) is 0. The molecule has 0 aliphatic heterocycles. The van der Waals surface area contributed by atoms with Gasteiger partial charge in [-0.15, -0.1) is 5.11 Å². The highest BCUT2D eigenvalue weighted by molar-refractivity contribution is 9.08. The third-order valence-corrected chi connectivity index (χ3v) is 0.564. The first kappa shape index (κ1) is 5.55. The summed E-state index contributed by atoms with van der Waals surface area (Å²) in [5, 5.41) is 2.74. The quantitative estimate of drug-likeness (QED) is 0.297. The summed E-state index contributed by atoms with van der Waals surface area (Å²) in [4.78, 5) is 0. The number of rotatable bonds is 0. The maximum atomic E-state index is 6.15. The minimum absolute atomic E-state index is 0.0741. The fraction of sp³-hybridized carbons (Fsp3) is 0. The van der Waals surface area contributed by atoms with Gasteiger partial charge in [0.2, 0.25) is 5.96 Å². The fourth-order valence-electron chi connectivity index (χ4n) is 0.0189. The maximum Gasteiger partial charge on any atom is 0.246 e. The molecule has 0 rings (SSSR count). The highest BCUT2D eigenvalue weighted by atomic mass is 79.9. The van der Waals surface area contributed by atoms with Crippen LogP contribution in [0.4, 0.5) is 0 Å². The molecule has 0 saturated carbocycles. The number of nitrogens with two attached hydrogens (primary N) is 1. The van der Waals surface area contributed by atoms with Gasteiger partial charge in [-0.1, -0.05) is 0 Å². The Morgan fingerprint density at radius 3 is 2.33 bits per heavy atom. The SMILES string of the molecule is N=NC(N)=NBr. The van der Waals surface area contributed by atoms with E-state index >= 15 is 0 Å². The highest BCUT2D eigenvalue weighted by Gasteiger charge is 1.74. The van der Waals surface area contributed by atoms with Crippen molar-refractivity contribution in [1.29, 1.82) is 5.53 Å². The van der Waals surface area contributed by atoms with Crippen LogP contribution in [0.15, 0.2) is 9.13 Å². The van der Waals surface area contributed by atoms with Crippen LogP contribution in [-0.4, -0.2) is 5.96 Å². The van der Waals surface area contributed by atoms with Gasteiger partial charge in [-0.2, -0.15) is 4.02 Å². The lowest BCUT2D eigenvalue weighted by atomic mass is 11.1. The normalized spacial score (nSPS) is 11.2. The van der Waals surface area contributed by atoms with E-state index in [1.165, 1.54) is 0 Å². The molecule has 4 nitrogen and oxygen atoms in total. The third kappa shape index (κ3) is 1.83. The number of nitrogens with one attached hydrogen (secondary N) is 1. The van der Waals surface area contributed by atoms with Gasteiger partial charge in [0, 0.05) is 0 Å². The van der Waals surface area contributed by atoms with Gasteiger partial charge >= 0.3 is 0 Å². The molecule has 0 aliphatic carbocycles. The smallest absolute Gasteiger partial charge is 0.246 e. The largest absolute Gasteiger partial charge is 0.366 e. The Hall–Kier alpha value is -0.450. The molecule has 6 heavy (non-hydrogen) atoms. The number of hydrogen-bond donors (Lipinski definition) is 2. The van der Waals surface area contributed by atoms with Gasteiger partial charge < -0.3 is 5.73 Å². The van der Waals surface area contributed by atoms with Gasteiger partial charge in [0.05, 0.1) is 16.1 Å². The first-order valence-corrected chi connectivity index (χ1v) is 1.84. The first-order valence-electron chi connectivity index (χ1n) is 1.13. The molecule has 0 amide bonds. The van der Waals surface area contributed by atoms with Gasteiger partial charge in [-0.25, -0.2) is 5.53 Å². The van der Waals surface area contributed by atoms with Crippen molar-refractivity contribution >= 4 is 22.1 Å². The topological polar surface area (TPSA) is 74.6 Å². The summed E-state index contributed by atoms with van der Waals surface area (Å²) in [6.07, 6.45) is 0. The van der Waals surface area contributed by atoms with Crippen molar-refractivity contribution in [2.45, 2.75) is 0 Å². The first-order chi connectivity index (χ1) is 2.81. The zero-order valence-electron chi connectivity index (χ0n) is 2.85. The number of halogens is 1. The Morgan fingerprint density at radius 2 is 2.33 bits per heavy atom. The molecular formula is CH3BrN4. The zero-order chi connectivity index (χ0) is 4.99. The maximum absolute atomic E-state index is 6.15. The summed E-state index contributed by atoms with van der Waals surface area (Å²) < 4.78 is 3.16. The molecule has 5 heteroatoms. The predicted molar refractivity (Wildman–Crippen MR) is 25.7 cm³/mol. The van der Waals surface area contributed by atoms with Crippen LogP contribution in [0.3, 0.4) is 0 Å². The number of nitrogens with zero attached hydrogens (tertiary/aromatic N) is 2. The minimum atomic E-state index is -0.0741. The van der Waals surface area contributed by atoms with Crippen molar-refractivity contribution in [1.82, 2.24) is 0 Å². The van der Waals surface area contributed by atoms with Crippen LogP contribution in [-0.2, 0) is 0 Å². The van der Waals surface area contributed by atoms with Crippen LogP contribution in [0, 0.1) is 5.53 Å². The average molecular weight is 151 g/mol. The summed E-state index contributed by atoms with van der Waals surface area (Å²) >= 11 is 2.62. The standard InChI is InChI=1S/CH3BrN4/c2-5-1(3)6-4/h4H,(H2,3,5). The van der Waals surface area contributed by atoms with Crippen LogP contribution >= 0.6 is 16.1 Å². The fourth-order valence-corrected chi connectivity index (χ4v) is 0.0982. The predicted octanol–water partition coefficient (Wildman–Crippen LogP) is 0.642. The summed E-state index contributed by atoms with van der Waals surface area (Å²) in [7, 11) is 0. The van der Waals surface area contributed by atoms with E-state index in [9.17, 15) is 0 Å². The van der Waals surface area contributed by atoms with Crippen LogP contribution in [0.5, 0.6) is 0 Å². The highest BCUT2D eigenvalue weighted by Crippen LogP contribution is 1.79. The summed E-state index contributed by atoms with van der Waals surface area (Å²) in [5.74, 6) is -0.0741. The Morgan fingerprint density at radius 1 is 1.83 bits per heavy atom. The molecular weight excluding hydrogens is 148 g/mol. The third-order valence-electron chi connectivity index (χ3n) is 0.201. The van der Waals surface area contributed by atoms with Crippen LogP contribution < -0.4 is 5.73 Å². The molecule has 0 spiro atoms. The van der Waals surface area contributed by atoms with Gasteiger partial charge in [-0.05, 0) is 0 Å². The number of guanidine groups is 1. The Bertz CT molecular complexity index is 75.6. The van der Waals surface area contributed by atoms with E-state index in [4.69, 9.17) is 11.3 Å². The molecule has 0 saturated heterocycles. The Kier molecular flexibility index (Phi) is 2.56. The summed E-state index contributed by atoms with van der Waals surface area (Å²) in [5.41, 5.74) is 11.0. The van der Waals surface area contributed by atoms with Crippen molar-refractivity contribution in [2.24, 2.45) is 14.9 Å². The minimum Gasteiger partial charge on any atom is -0.366 e. The van der Waals surface area contributed by atoms with E-state index in [2.05, 4.69) is 25.3 Å². The van der Waals surface area contributed by atoms with Crippen molar-refractivity contribution in [2.75, 3.05) is 0 Å². The zero-order valence-corrected chi connectivity index (χ0v) is 4.44. The van der Waals surface area contributed by atoms with E-state index in [1.54, 1.807) is 0 Å². The molecule has 0 fully saturated rings. The molecule has 0 unspecified atom stereocenters. The van der Waals surface area contributed by atoms with E-state index in [0.717, 1.165) is 0 Å². The van der Waals surface area contributed by atoms with Crippen molar-refractivity contribution in [3.63, 3.8) is 0 Å². The van der Waals surface area contributed by atoms with E-state index < -0.39 is 0 Å². The van der Waals surface area contributed by atoms with Crippen molar-refractivity contribution in [3.05, 3.63) is 0 Å². The van der Waals surface area contributed by atoms with E-state index in [0.29, 0.717) is 0 Å². The van der Waals surface area contributed by atoms with Crippen molar-refractivity contribution < 1.29 is 0 Å². The lowest BCUT2D eigenvalue weighted by molar-refractivity contribution is 1.17. The molecule has 0 aliphatic rings. The lowest BCUT2D eigenvalue weighted by Gasteiger charge is -1.74. The molecule has 0 atom stereocenters. The molecule has 0 radical (unpaired) electrons.